The van der Waals surface area contributed by atoms with Crippen LogP contribution < -0.4 is 4.74 Å². The fourth-order valence-electron chi connectivity index (χ4n) is 3.92. The summed E-state index contributed by atoms with van der Waals surface area (Å²) in [4.78, 5) is 0. The number of hydrogen-bond donors (Lipinski definition) is 6. The van der Waals surface area contributed by atoms with Crippen LogP contribution in [0, 0.1) is 5.82 Å². The van der Waals surface area contributed by atoms with Crippen LogP contribution in [0.25, 0.3) is 0 Å². The van der Waals surface area contributed by atoms with Crippen LogP contribution in [-0.2, 0) is 23.6 Å². The molecule has 9 heteroatoms. The third kappa shape index (κ3) is 4.65. The van der Waals surface area contributed by atoms with Gasteiger partial charge in [-0.3, -0.25) is 0 Å². The summed E-state index contributed by atoms with van der Waals surface area (Å²) in [6.07, 6.45) is -8.43. The van der Waals surface area contributed by atoms with Gasteiger partial charge in [-0.05, 0) is 49.2 Å². The standard InChI is InChI=1S/C23H29FO8/c1-3-31-15-6-4-13(5-7-15)8-16-17(9-14(11-25)10-18(16)24)23(30)22(29)20(28)19(27)21(32-23)12(2)26/h4-7,9-10,12,19-22,25-30H,3,8,11H2,1-2H3/t12-,19-,20-,21+,22+,23+/m0/s1. The van der Waals surface area contributed by atoms with Gasteiger partial charge in [-0.2, -0.15) is 0 Å². The number of benzene rings is 2. The van der Waals surface area contributed by atoms with E-state index in [1.54, 1.807) is 24.3 Å². The largest absolute Gasteiger partial charge is 0.494 e. The molecule has 0 aliphatic carbocycles. The Hall–Kier alpha value is -2.11. The first-order valence-electron chi connectivity index (χ1n) is 10.4. The third-order valence-electron chi connectivity index (χ3n) is 5.64. The summed E-state index contributed by atoms with van der Waals surface area (Å²) < 4.78 is 26.0. The zero-order chi connectivity index (χ0) is 23.6. The van der Waals surface area contributed by atoms with Crippen LogP contribution in [0.2, 0.25) is 0 Å². The molecule has 6 atom stereocenters. The van der Waals surface area contributed by atoms with Gasteiger partial charge in [0, 0.05) is 17.5 Å². The topological polar surface area (TPSA) is 140 Å². The van der Waals surface area contributed by atoms with Crippen molar-refractivity contribution in [3.63, 3.8) is 0 Å². The molecule has 8 nitrogen and oxygen atoms in total. The fraction of sp³-hybridized carbons (Fsp3) is 0.478. The van der Waals surface area contributed by atoms with Gasteiger partial charge in [0.1, 0.15) is 36.0 Å². The predicted molar refractivity (Wildman–Crippen MR) is 111 cm³/mol. The summed E-state index contributed by atoms with van der Waals surface area (Å²) in [6.45, 7) is 3.07. The lowest BCUT2D eigenvalue weighted by Gasteiger charge is -2.47. The summed E-state index contributed by atoms with van der Waals surface area (Å²) in [6, 6.07) is 9.22. The fourth-order valence-corrected chi connectivity index (χ4v) is 3.92. The van der Waals surface area contributed by atoms with E-state index in [0.717, 1.165) is 6.07 Å². The van der Waals surface area contributed by atoms with Crippen LogP contribution in [0.3, 0.4) is 0 Å². The molecule has 0 unspecified atom stereocenters. The Balaban J connectivity index is 2.08. The maximum absolute atomic E-state index is 15.1. The molecule has 1 saturated heterocycles. The Bertz CT molecular complexity index is 919. The first kappa shape index (κ1) is 24.5. The molecule has 1 aliphatic heterocycles. The molecule has 1 fully saturated rings. The summed E-state index contributed by atoms with van der Waals surface area (Å²) in [7, 11) is 0. The summed E-state index contributed by atoms with van der Waals surface area (Å²) >= 11 is 0. The molecule has 0 spiro atoms. The van der Waals surface area contributed by atoms with Crippen molar-refractivity contribution >= 4 is 0 Å². The van der Waals surface area contributed by atoms with Gasteiger partial charge in [0.25, 0.3) is 0 Å². The van der Waals surface area contributed by atoms with Crippen molar-refractivity contribution in [1.82, 2.24) is 0 Å². The van der Waals surface area contributed by atoms with Gasteiger partial charge in [-0.1, -0.05) is 12.1 Å². The van der Waals surface area contributed by atoms with E-state index in [-0.39, 0.29) is 23.1 Å². The molecule has 32 heavy (non-hydrogen) atoms. The van der Waals surface area contributed by atoms with E-state index in [1.165, 1.54) is 13.0 Å². The normalized spacial score (nSPS) is 29.0. The van der Waals surface area contributed by atoms with Crippen LogP contribution >= 0.6 is 0 Å². The quantitative estimate of drug-likeness (QED) is 0.353. The molecule has 0 aromatic heterocycles. The molecule has 6 N–H and O–H groups in total. The smallest absolute Gasteiger partial charge is 0.222 e. The lowest BCUT2D eigenvalue weighted by Crippen LogP contribution is -2.65. The van der Waals surface area contributed by atoms with Crippen molar-refractivity contribution < 1.29 is 44.5 Å². The average Bonchev–Trinajstić information content (AvgIpc) is 2.77. The first-order valence-corrected chi connectivity index (χ1v) is 10.4. The molecule has 1 aliphatic rings. The summed E-state index contributed by atoms with van der Waals surface area (Å²) in [5.74, 6) is -2.79. The van der Waals surface area contributed by atoms with Crippen LogP contribution in [0.1, 0.15) is 36.1 Å². The monoisotopic (exact) mass is 452 g/mol. The number of halogens is 1. The Morgan fingerprint density at radius 2 is 1.75 bits per heavy atom. The highest BCUT2D eigenvalue weighted by Gasteiger charge is 2.55. The van der Waals surface area contributed by atoms with Crippen molar-refractivity contribution in [1.29, 1.82) is 0 Å². The molecule has 0 bridgehead atoms. The van der Waals surface area contributed by atoms with Crippen LogP contribution in [0.5, 0.6) is 5.75 Å². The average molecular weight is 452 g/mol. The van der Waals surface area contributed by atoms with E-state index in [0.29, 0.717) is 17.9 Å². The zero-order valence-electron chi connectivity index (χ0n) is 17.8. The summed E-state index contributed by atoms with van der Waals surface area (Å²) in [5.41, 5.74) is 0.499. The van der Waals surface area contributed by atoms with Crippen molar-refractivity contribution in [2.24, 2.45) is 0 Å². The second-order valence-electron chi connectivity index (χ2n) is 7.96. The van der Waals surface area contributed by atoms with E-state index >= 15 is 4.39 Å². The Morgan fingerprint density at radius 3 is 2.31 bits per heavy atom. The molecule has 2 aromatic carbocycles. The van der Waals surface area contributed by atoms with Gasteiger partial charge in [-0.15, -0.1) is 0 Å². The van der Waals surface area contributed by atoms with Crippen molar-refractivity contribution in [3.8, 4) is 5.75 Å². The molecule has 0 saturated carbocycles. The second kappa shape index (κ2) is 9.80. The Labute approximate surface area is 185 Å². The van der Waals surface area contributed by atoms with E-state index in [4.69, 9.17) is 9.47 Å². The van der Waals surface area contributed by atoms with Crippen molar-refractivity contribution in [2.45, 2.75) is 63.2 Å². The number of hydrogen-bond acceptors (Lipinski definition) is 8. The van der Waals surface area contributed by atoms with Gasteiger partial charge in [0.15, 0.2) is 0 Å². The van der Waals surface area contributed by atoms with E-state index in [1.807, 2.05) is 6.92 Å². The minimum atomic E-state index is -2.66. The molecule has 0 amide bonds. The maximum atomic E-state index is 15.1. The molecular formula is C23H29FO8. The predicted octanol–water partition coefficient (Wildman–Crippen LogP) is 0.315. The third-order valence-corrected chi connectivity index (χ3v) is 5.64. The number of aliphatic hydroxyl groups is 6. The molecular weight excluding hydrogens is 423 g/mol. The highest BCUT2D eigenvalue weighted by molar-refractivity contribution is 5.41. The highest BCUT2D eigenvalue weighted by atomic mass is 19.1. The summed E-state index contributed by atoms with van der Waals surface area (Å²) in [5, 5.41) is 61.9. The van der Waals surface area contributed by atoms with Gasteiger partial charge >= 0.3 is 0 Å². The number of rotatable bonds is 7. The molecule has 0 radical (unpaired) electrons. The minimum absolute atomic E-state index is 0.0182. The van der Waals surface area contributed by atoms with Gasteiger partial charge in [0.05, 0.1) is 19.3 Å². The lowest BCUT2D eigenvalue weighted by atomic mass is 9.83. The van der Waals surface area contributed by atoms with Crippen LogP contribution in [0.15, 0.2) is 36.4 Å². The minimum Gasteiger partial charge on any atom is -0.494 e. The molecule has 1 heterocycles. The Morgan fingerprint density at radius 1 is 1.09 bits per heavy atom. The van der Waals surface area contributed by atoms with Crippen LogP contribution in [-0.4, -0.2) is 67.8 Å². The molecule has 2 aromatic rings. The van der Waals surface area contributed by atoms with E-state index in [2.05, 4.69) is 0 Å². The van der Waals surface area contributed by atoms with Gasteiger partial charge < -0.3 is 40.1 Å². The van der Waals surface area contributed by atoms with E-state index in [9.17, 15) is 30.6 Å². The Kier molecular flexibility index (Phi) is 7.51. The van der Waals surface area contributed by atoms with Gasteiger partial charge in [-0.25, -0.2) is 4.39 Å². The second-order valence-corrected chi connectivity index (χ2v) is 7.96. The highest BCUT2D eigenvalue weighted by Crippen LogP contribution is 2.40. The first-order chi connectivity index (χ1) is 15.1. The van der Waals surface area contributed by atoms with Crippen LogP contribution in [0.4, 0.5) is 4.39 Å². The SMILES string of the molecule is CCOc1ccc(Cc2c(F)cc(CO)cc2[C@@]2(O)O[C@H]([C@H](C)O)[C@@H](O)[C@H](O)[C@H]2O)cc1. The lowest BCUT2D eigenvalue weighted by molar-refractivity contribution is -0.364. The molecule has 3 rings (SSSR count). The van der Waals surface area contributed by atoms with Gasteiger partial charge in [0.2, 0.25) is 5.79 Å². The molecule has 176 valence electrons. The number of ether oxygens (including phenoxy) is 2. The van der Waals surface area contributed by atoms with Crippen molar-refractivity contribution in [3.05, 3.63) is 64.5 Å². The zero-order valence-corrected chi connectivity index (χ0v) is 17.8. The van der Waals surface area contributed by atoms with E-state index < -0.39 is 48.7 Å². The van der Waals surface area contributed by atoms with Crippen molar-refractivity contribution in [2.75, 3.05) is 6.61 Å². The number of aliphatic hydroxyl groups excluding tert-OH is 5. The maximum Gasteiger partial charge on any atom is 0.222 e.